The zero-order chi connectivity index (χ0) is 11.0. The lowest BCUT2D eigenvalue weighted by molar-refractivity contribution is 0.174. The van der Waals surface area contributed by atoms with Crippen molar-refractivity contribution < 1.29 is 9.47 Å². The van der Waals surface area contributed by atoms with Crippen LogP contribution in [0.4, 0.5) is 0 Å². The van der Waals surface area contributed by atoms with Crippen LogP contribution in [0.5, 0.6) is 11.5 Å². The molecule has 1 heterocycles. The fourth-order valence-corrected chi connectivity index (χ4v) is 1.79. The van der Waals surface area contributed by atoms with Gasteiger partial charge in [0, 0.05) is 6.04 Å². The molecule has 2 aliphatic rings. The van der Waals surface area contributed by atoms with Gasteiger partial charge in [-0.25, -0.2) is 0 Å². The van der Waals surface area contributed by atoms with Crippen LogP contribution in [0.25, 0.3) is 0 Å². The van der Waals surface area contributed by atoms with Gasteiger partial charge in [-0.3, -0.25) is 5.32 Å². The Labute approximate surface area is 93.8 Å². The average Bonchev–Trinajstić information content (AvgIpc) is 3.01. The fourth-order valence-electron chi connectivity index (χ4n) is 1.79. The number of benzene rings is 1. The smallest absolute Gasteiger partial charge is 0.231 e. The van der Waals surface area contributed by atoms with Gasteiger partial charge in [-0.2, -0.15) is 5.26 Å². The number of hydrogen-bond acceptors (Lipinski definition) is 4. The Morgan fingerprint density at radius 1 is 1.31 bits per heavy atom. The molecule has 16 heavy (non-hydrogen) atoms. The summed E-state index contributed by atoms with van der Waals surface area (Å²) in [5, 5.41) is 12.4. The predicted octanol–water partition coefficient (Wildman–Crippen LogP) is 1.73. The maximum Gasteiger partial charge on any atom is 0.231 e. The third kappa shape index (κ3) is 1.70. The lowest BCUT2D eigenvalue weighted by Crippen LogP contribution is -2.21. The summed E-state index contributed by atoms with van der Waals surface area (Å²) in [6.07, 6.45) is 2.34. The summed E-state index contributed by atoms with van der Waals surface area (Å²) >= 11 is 0. The van der Waals surface area contributed by atoms with E-state index in [4.69, 9.17) is 14.7 Å². The highest BCUT2D eigenvalue weighted by atomic mass is 16.7. The van der Waals surface area contributed by atoms with Crippen molar-refractivity contribution in [1.29, 1.82) is 5.26 Å². The molecule has 1 atom stereocenters. The lowest BCUT2D eigenvalue weighted by atomic mass is 10.1. The van der Waals surface area contributed by atoms with Crippen molar-refractivity contribution in [2.75, 3.05) is 6.79 Å². The molecular formula is C12H12N2O2. The standard InChI is InChI=1S/C12H12N2O2/c13-6-10(14-9-2-3-9)8-1-4-11-12(5-8)16-7-15-11/h1,4-5,9-10,14H,2-3,7H2/t10-/m1/s1. The first-order valence-electron chi connectivity index (χ1n) is 5.42. The summed E-state index contributed by atoms with van der Waals surface area (Å²) in [5.41, 5.74) is 0.943. The average molecular weight is 216 g/mol. The minimum Gasteiger partial charge on any atom is -0.454 e. The SMILES string of the molecule is N#C[C@@H](NC1CC1)c1ccc2c(c1)OCO2. The van der Waals surface area contributed by atoms with Crippen LogP contribution in [-0.4, -0.2) is 12.8 Å². The second-order valence-electron chi connectivity index (χ2n) is 4.12. The van der Waals surface area contributed by atoms with Crippen molar-refractivity contribution in [2.24, 2.45) is 0 Å². The van der Waals surface area contributed by atoms with E-state index in [-0.39, 0.29) is 12.8 Å². The van der Waals surface area contributed by atoms with E-state index in [1.807, 2.05) is 18.2 Å². The Morgan fingerprint density at radius 3 is 2.88 bits per heavy atom. The number of ether oxygens (including phenoxy) is 2. The van der Waals surface area contributed by atoms with E-state index in [1.54, 1.807) is 0 Å². The molecule has 0 saturated heterocycles. The molecule has 1 aliphatic heterocycles. The summed E-state index contributed by atoms with van der Waals surface area (Å²) in [6, 6.07) is 8.19. The van der Waals surface area contributed by atoms with E-state index in [9.17, 15) is 0 Å². The number of nitriles is 1. The molecule has 0 radical (unpaired) electrons. The molecule has 0 unspecified atom stereocenters. The molecular weight excluding hydrogens is 204 g/mol. The Morgan fingerprint density at radius 2 is 2.12 bits per heavy atom. The first-order valence-corrected chi connectivity index (χ1v) is 5.42. The van der Waals surface area contributed by atoms with Crippen molar-refractivity contribution in [3.63, 3.8) is 0 Å². The van der Waals surface area contributed by atoms with E-state index >= 15 is 0 Å². The third-order valence-corrected chi connectivity index (χ3v) is 2.84. The zero-order valence-corrected chi connectivity index (χ0v) is 8.77. The second-order valence-corrected chi connectivity index (χ2v) is 4.12. The van der Waals surface area contributed by atoms with Crippen LogP contribution in [0.15, 0.2) is 18.2 Å². The van der Waals surface area contributed by atoms with E-state index < -0.39 is 0 Å². The molecule has 0 spiro atoms. The van der Waals surface area contributed by atoms with Crippen LogP contribution < -0.4 is 14.8 Å². The van der Waals surface area contributed by atoms with Crippen molar-refractivity contribution in [3.8, 4) is 17.6 Å². The van der Waals surface area contributed by atoms with Crippen LogP contribution in [0, 0.1) is 11.3 Å². The van der Waals surface area contributed by atoms with Gasteiger partial charge in [0.2, 0.25) is 6.79 Å². The molecule has 1 aromatic rings. The molecule has 1 N–H and O–H groups in total. The van der Waals surface area contributed by atoms with Gasteiger partial charge in [0.1, 0.15) is 6.04 Å². The number of nitrogens with zero attached hydrogens (tertiary/aromatic N) is 1. The molecule has 1 aromatic carbocycles. The number of hydrogen-bond donors (Lipinski definition) is 1. The Hall–Kier alpha value is -1.73. The van der Waals surface area contributed by atoms with Gasteiger partial charge in [0.15, 0.2) is 11.5 Å². The summed E-state index contributed by atoms with van der Waals surface area (Å²) in [6.45, 7) is 0.270. The van der Waals surface area contributed by atoms with Crippen molar-refractivity contribution in [2.45, 2.75) is 24.9 Å². The molecule has 1 aliphatic carbocycles. The molecule has 3 rings (SSSR count). The highest BCUT2D eigenvalue weighted by Gasteiger charge is 2.26. The van der Waals surface area contributed by atoms with Gasteiger partial charge in [-0.15, -0.1) is 0 Å². The van der Waals surface area contributed by atoms with E-state index in [0.717, 1.165) is 17.1 Å². The first-order chi connectivity index (χ1) is 7.86. The highest BCUT2D eigenvalue weighted by molar-refractivity contribution is 5.46. The van der Waals surface area contributed by atoms with Crippen molar-refractivity contribution in [1.82, 2.24) is 5.32 Å². The van der Waals surface area contributed by atoms with Crippen molar-refractivity contribution >= 4 is 0 Å². The summed E-state index contributed by atoms with van der Waals surface area (Å²) in [4.78, 5) is 0. The molecule has 0 amide bonds. The Balaban J connectivity index is 1.84. The quantitative estimate of drug-likeness (QED) is 0.836. The molecule has 4 nitrogen and oxygen atoms in total. The van der Waals surface area contributed by atoms with E-state index in [0.29, 0.717) is 6.04 Å². The monoisotopic (exact) mass is 216 g/mol. The van der Waals surface area contributed by atoms with Gasteiger partial charge in [0.05, 0.1) is 6.07 Å². The molecule has 82 valence electrons. The normalized spacial score (nSPS) is 19.2. The largest absolute Gasteiger partial charge is 0.454 e. The van der Waals surface area contributed by atoms with E-state index in [1.165, 1.54) is 12.8 Å². The fraction of sp³-hybridized carbons (Fsp3) is 0.417. The van der Waals surface area contributed by atoms with Crippen LogP contribution in [0.2, 0.25) is 0 Å². The Bertz CT molecular complexity index is 449. The molecule has 1 fully saturated rings. The van der Waals surface area contributed by atoms with E-state index in [2.05, 4.69) is 11.4 Å². The summed E-state index contributed by atoms with van der Waals surface area (Å²) in [7, 11) is 0. The molecule has 1 saturated carbocycles. The predicted molar refractivity (Wildman–Crippen MR) is 57.1 cm³/mol. The zero-order valence-electron chi connectivity index (χ0n) is 8.77. The summed E-state index contributed by atoms with van der Waals surface area (Å²) in [5.74, 6) is 1.49. The van der Waals surface area contributed by atoms with Gasteiger partial charge < -0.3 is 9.47 Å². The minimum absolute atomic E-state index is 0.248. The maximum atomic E-state index is 9.12. The third-order valence-electron chi connectivity index (χ3n) is 2.84. The van der Waals surface area contributed by atoms with Crippen molar-refractivity contribution in [3.05, 3.63) is 23.8 Å². The topological polar surface area (TPSA) is 54.3 Å². The minimum atomic E-state index is -0.248. The second kappa shape index (κ2) is 3.69. The lowest BCUT2D eigenvalue weighted by Gasteiger charge is -2.11. The number of rotatable bonds is 3. The molecule has 4 heteroatoms. The van der Waals surface area contributed by atoms with Gasteiger partial charge in [-0.1, -0.05) is 6.07 Å². The van der Waals surface area contributed by atoms with Crippen LogP contribution in [0.1, 0.15) is 24.4 Å². The van der Waals surface area contributed by atoms with Crippen LogP contribution in [-0.2, 0) is 0 Å². The maximum absolute atomic E-state index is 9.12. The Kier molecular flexibility index (Phi) is 2.19. The first kappa shape index (κ1) is 9.49. The summed E-state index contributed by atoms with van der Waals surface area (Å²) < 4.78 is 10.5. The number of fused-ring (bicyclic) bond motifs is 1. The van der Waals surface area contributed by atoms with Gasteiger partial charge in [-0.05, 0) is 30.5 Å². The molecule has 0 bridgehead atoms. The van der Waals surface area contributed by atoms with Gasteiger partial charge in [0.25, 0.3) is 0 Å². The van der Waals surface area contributed by atoms with Crippen LogP contribution >= 0.6 is 0 Å². The van der Waals surface area contributed by atoms with Crippen LogP contribution in [0.3, 0.4) is 0 Å². The van der Waals surface area contributed by atoms with Gasteiger partial charge >= 0.3 is 0 Å². The molecule has 0 aromatic heterocycles. The highest BCUT2D eigenvalue weighted by Crippen LogP contribution is 2.34. The number of nitrogens with one attached hydrogen (secondary N) is 1.